The molecule has 3 aromatic rings. The first kappa shape index (κ1) is 14.3. The van der Waals surface area contributed by atoms with Gasteiger partial charge in [0, 0.05) is 15.8 Å². The minimum atomic E-state index is 0.647. The van der Waals surface area contributed by atoms with Gasteiger partial charge in [0.05, 0.1) is 12.0 Å². The van der Waals surface area contributed by atoms with E-state index in [1.54, 1.807) is 29.5 Å². The summed E-state index contributed by atoms with van der Waals surface area (Å²) in [6.07, 6.45) is 2.56. The molecule has 5 heteroatoms. The Morgan fingerprint density at radius 1 is 1.24 bits per heavy atom. The van der Waals surface area contributed by atoms with Crippen LogP contribution in [0.2, 0.25) is 0 Å². The van der Waals surface area contributed by atoms with E-state index in [0.717, 1.165) is 23.4 Å². The summed E-state index contributed by atoms with van der Waals surface area (Å²) in [4.78, 5) is 1.21. The molecule has 0 unspecified atom stereocenters. The summed E-state index contributed by atoms with van der Waals surface area (Å²) in [5, 5.41) is 4.19. The van der Waals surface area contributed by atoms with Crippen LogP contribution in [0, 0.1) is 0 Å². The molecule has 0 aliphatic heterocycles. The molecule has 0 atom stereocenters. The monoisotopic (exact) mass is 316 g/mol. The Balaban J connectivity index is 1.87. The van der Waals surface area contributed by atoms with E-state index in [4.69, 9.17) is 10.2 Å². The van der Waals surface area contributed by atoms with E-state index in [1.807, 2.05) is 12.1 Å². The fraction of sp³-hybridized carbons (Fsp3) is 0.125. The summed E-state index contributed by atoms with van der Waals surface area (Å²) in [6, 6.07) is 12.3. The second kappa shape index (κ2) is 6.85. The van der Waals surface area contributed by atoms with Crippen molar-refractivity contribution in [2.24, 2.45) is 5.73 Å². The van der Waals surface area contributed by atoms with Crippen molar-refractivity contribution in [3.8, 4) is 11.3 Å². The normalized spacial score (nSPS) is 10.7. The molecule has 0 saturated heterocycles. The van der Waals surface area contributed by atoms with Crippen molar-refractivity contribution in [3.63, 3.8) is 0 Å². The van der Waals surface area contributed by atoms with Gasteiger partial charge in [0.15, 0.2) is 0 Å². The zero-order chi connectivity index (χ0) is 14.5. The van der Waals surface area contributed by atoms with E-state index in [-0.39, 0.29) is 0 Å². The molecule has 3 N–H and O–H groups in total. The number of anilines is 1. The fourth-order valence-corrected chi connectivity index (χ4v) is 3.57. The van der Waals surface area contributed by atoms with Gasteiger partial charge in [-0.2, -0.15) is 11.3 Å². The van der Waals surface area contributed by atoms with Crippen LogP contribution in [0.5, 0.6) is 0 Å². The first-order valence-corrected chi connectivity index (χ1v) is 8.44. The van der Waals surface area contributed by atoms with Crippen LogP contribution in [0.4, 0.5) is 5.69 Å². The summed E-state index contributed by atoms with van der Waals surface area (Å²) < 4.78 is 8.96. The highest BCUT2D eigenvalue weighted by Gasteiger charge is 2.09. The van der Waals surface area contributed by atoms with Crippen molar-refractivity contribution in [1.29, 1.82) is 0 Å². The van der Waals surface area contributed by atoms with Crippen LogP contribution in [0.25, 0.3) is 11.3 Å². The predicted molar refractivity (Wildman–Crippen MR) is 90.7 cm³/mol. The number of thiophene rings is 1. The molecule has 0 spiro atoms. The molecule has 108 valence electrons. The molecule has 2 aromatic heterocycles. The van der Waals surface area contributed by atoms with Crippen molar-refractivity contribution >= 4 is 29.0 Å². The molecule has 0 radical (unpaired) electrons. The van der Waals surface area contributed by atoms with Gasteiger partial charge in [-0.15, -0.1) is 0 Å². The topological polar surface area (TPSA) is 51.2 Å². The Kier molecular flexibility index (Phi) is 4.65. The first-order valence-electron chi connectivity index (χ1n) is 6.69. The third kappa shape index (κ3) is 3.50. The summed E-state index contributed by atoms with van der Waals surface area (Å²) in [6.45, 7) is 0.647. The molecular weight excluding hydrogens is 300 g/mol. The van der Waals surface area contributed by atoms with Gasteiger partial charge in [0.25, 0.3) is 0 Å². The average molecular weight is 316 g/mol. The lowest BCUT2D eigenvalue weighted by molar-refractivity contribution is 0.582. The second-order valence-electron chi connectivity index (χ2n) is 4.56. The van der Waals surface area contributed by atoms with Crippen LogP contribution in [0.1, 0.15) is 5.56 Å². The average Bonchev–Trinajstić information content (AvgIpc) is 3.20. The molecule has 0 bridgehead atoms. The molecule has 3 rings (SSSR count). The minimum absolute atomic E-state index is 0.647. The second-order valence-corrected chi connectivity index (χ2v) is 6.22. The highest BCUT2D eigenvalue weighted by atomic mass is 32.2. The van der Waals surface area contributed by atoms with Crippen LogP contribution in [0.15, 0.2) is 62.7 Å². The molecule has 3 nitrogen and oxygen atoms in total. The summed E-state index contributed by atoms with van der Waals surface area (Å²) in [5.41, 5.74) is 8.97. The maximum atomic E-state index is 5.65. The van der Waals surface area contributed by atoms with Gasteiger partial charge in [0.1, 0.15) is 5.76 Å². The van der Waals surface area contributed by atoms with Crippen LogP contribution < -0.4 is 10.5 Å². The van der Waals surface area contributed by atoms with Crippen molar-refractivity contribution < 1.29 is 4.42 Å². The Morgan fingerprint density at radius 3 is 2.90 bits per heavy atom. The van der Waals surface area contributed by atoms with E-state index in [9.17, 15) is 0 Å². The van der Waals surface area contributed by atoms with Crippen molar-refractivity contribution in [2.75, 3.05) is 11.3 Å². The molecule has 0 saturated carbocycles. The lowest BCUT2D eigenvalue weighted by atomic mass is 10.0. The van der Waals surface area contributed by atoms with Gasteiger partial charge in [-0.25, -0.2) is 0 Å². The quantitative estimate of drug-likeness (QED) is 0.651. The molecule has 0 amide bonds. The molecule has 21 heavy (non-hydrogen) atoms. The summed E-state index contributed by atoms with van der Waals surface area (Å²) >= 11 is 3.30. The van der Waals surface area contributed by atoms with Gasteiger partial charge in [-0.3, -0.25) is 0 Å². The zero-order valence-corrected chi connectivity index (χ0v) is 13.0. The highest BCUT2D eigenvalue weighted by Crippen LogP contribution is 2.33. The Bertz CT molecular complexity index is 678. The van der Waals surface area contributed by atoms with E-state index in [1.165, 1.54) is 10.5 Å². The lowest BCUT2D eigenvalue weighted by Gasteiger charge is -2.11. The van der Waals surface area contributed by atoms with Gasteiger partial charge in [-0.1, -0.05) is 6.07 Å². The van der Waals surface area contributed by atoms with E-state index in [2.05, 4.69) is 39.7 Å². The SMILES string of the molecule is NCCc1ccc(NSc2ccsc2)c(-c2ccco2)c1. The van der Waals surface area contributed by atoms with Crippen LogP contribution >= 0.6 is 23.3 Å². The maximum absolute atomic E-state index is 5.65. The number of hydrogen-bond acceptors (Lipinski definition) is 5. The Labute approximate surface area is 132 Å². The van der Waals surface area contributed by atoms with Gasteiger partial charge >= 0.3 is 0 Å². The van der Waals surface area contributed by atoms with E-state index < -0.39 is 0 Å². The summed E-state index contributed by atoms with van der Waals surface area (Å²) in [5.74, 6) is 0.863. The minimum Gasteiger partial charge on any atom is -0.464 e. The Hall–Kier alpha value is -1.69. The van der Waals surface area contributed by atoms with Crippen LogP contribution in [-0.4, -0.2) is 6.54 Å². The maximum Gasteiger partial charge on any atom is 0.135 e. The van der Waals surface area contributed by atoms with Crippen LogP contribution in [-0.2, 0) is 6.42 Å². The number of hydrogen-bond donors (Lipinski definition) is 2. The molecule has 0 aliphatic carbocycles. The molecule has 1 aromatic carbocycles. The predicted octanol–water partition coefficient (Wildman–Crippen LogP) is 4.63. The standard InChI is InChI=1S/C16H16N2OS2/c17-7-5-12-3-4-15(18-21-13-6-9-20-11-13)14(10-12)16-2-1-8-19-16/h1-4,6,8-11,18H,5,7,17H2. The first-order chi connectivity index (χ1) is 10.4. The smallest absolute Gasteiger partial charge is 0.135 e. The zero-order valence-electron chi connectivity index (χ0n) is 11.4. The highest BCUT2D eigenvalue weighted by molar-refractivity contribution is 8.00. The molecule has 0 fully saturated rings. The third-order valence-electron chi connectivity index (χ3n) is 3.08. The van der Waals surface area contributed by atoms with Gasteiger partial charge in [0.2, 0.25) is 0 Å². The molecule has 0 aliphatic rings. The largest absolute Gasteiger partial charge is 0.464 e. The van der Waals surface area contributed by atoms with E-state index >= 15 is 0 Å². The molecule has 2 heterocycles. The number of benzene rings is 1. The molecular formula is C16H16N2OS2. The number of rotatable bonds is 6. The van der Waals surface area contributed by atoms with E-state index in [0.29, 0.717) is 6.54 Å². The summed E-state index contributed by atoms with van der Waals surface area (Å²) in [7, 11) is 0. The van der Waals surface area contributed by atoms with Crippen molar-refractivity contribution in [2.45, 2.75) is 11.3 Å². The van der Waals surface area contributed by atoms with Gasteiger partial charge in [-0.05, 0) is 66.2 Å². The van der Waals surface area contributed by atoms with Crippen LogP contribution in [0.3, 0.4) is 0 Å². The number of furan rings is 1. The number of nitrogens with two attached hydrogens (primary N) is 1. The lowest BCUT2D eigenvalue weighted by Crippen LogP contribution is -2.03. The number of nitrogens with one attached hydrogen (secondary N) is 1. The Morgan fingerprint density at radius 2 is 2.19 bits per heavy atom. The fourth-order valence-electron chi connectivity index (χ4n) is 2.06. The van der Waals surface area contributed by atoms with Gasteiger partial charge < -0.3 is 14.9 Å². The third-order valence-corrected chi connectivity index (χ3v) is 4.72. The van der Waals surface area contributed by atoms with Crippen molar-refractivity contribution in [3.05, 3.63) is 59.0 Å². The van der Waals surface area contributed by atoms with Crippen molar-refractivity contribution in [1.82, 2.24) is 0 Å².